The first kappa shape index (κ1) is 18.3. The third kappa shape index (κ3) is 6.28. The number of halogens is 1. The quantitative estimate of drug-likeness (QED) is 0.776. The summed E-state index contributed by atoms with van der Waals surface area (Å²) in [6.45, 7) is 7.82. The van der Waals surface area contributed by atoms with Crippen molar-refractivity contribution >= 4 is 32.9 Å². The van der Waals surface area contributed by atoms with Gasteiger partial charge in [0.1, 0.15) is 6.04 Å². The molecule has 0 heterocycles. The Hall–Kier alpha value is -0.720. The zero-order valence-electron chi connectivity index (χ0n) is 12.8. The lowest BCUT2D eigenvalue weighted by atomic mass is 9.87. The topological polar surface area (TPSA) is 55.4 Å². The highest BCUT2D eigenvalue weighted by molar-refractivity contribution is 9.10. The molecule has 4 nitrogen and oxygen atoms in total. The fraction of sp³-hybridized carbons (Fsp3) is 0.533. The van der Waals surface area contributed by atoms with E-state index in [2.05, 4.69) is 20.7 Å². The molecule has 0 aliphatic heterocycles. The number of esters is 1. The maximum absolute atomic E-state index is 12.2. The highest BCUT2D eigenvalue weighted by Crippen LogP contribution is 2.21. The van der Waals surface area contributed by atoms with Crippen molar-refractivity contribution in [1.29, 1.82) is 0 Å². The molecule has 1 aromatic carbocycles. The first-order valence-corrected chi connectivity index (χ1v) is 8.91. The van der Waals surface area contributed by atoms with Gasteiger partial charge in [-0.2, -0.15) is 0 Å². The normalized spacial score (nSPS) is 14.5. The Morgan fingerprint density at radius 2 is 1.90 bits per heavy atom. The van der Waals surface area contributed by atoms with Gasteiger partial charge in [-0.3, -0.25) is 4.79 Å². The summed E-state index contributed by atoms with van der Waals surface area (Å²) in [5, 5.41) is 0. The second-order valence-corrected chi connectivity index (χ2v) is 7.92. The van der Waals surface area contributed by atoms with Crippen LogP contribution in [0, 0.1) is 5.41 Å². The molecule has 0 saturated heterocycles. The number of hydrogen-bond acceptors (Lipinski definition) is 3. The molecule has 0 aliphatic rings. The van der Waals surface area contributed by atoms with E-state index < -0.39 is 17.0 Å². The second kappa shape index (κ2) is 8.06. The van der Waals surface area contributed by atoms with Crippen LogP contribution in [-0.2, 0) is 26.3 Å². The van der Waals surface area contributed by atoms with Gasteiger partial charge in [0.05, 0.1) is 23.3 Å². The number of benzene rings is 1. The molecule has 21 heavy (non-hydrogen) atoms. The lowest BCUT2D eigenvalue weighted by Gasteiger charge is -2.29. The van der Waals surface area contributed by atoms with Gasteiger partial charge in [0.15, 0.2) is 0 Å². The van der Waals surface area contributed by atoms with Crippen molar-refractivity contribution < 1.29 is 13.7 Å². The molecule has 2 atom stereocenters. The van der Waals surface area contributed by atoms with Crippen LogP contribution < -0.4 is 4.72 Å². The van der Waals surface area contributed by atoms with Gasteiger partial charge in [-0.1, -0.05) is 48.8 Å². The average Bonchev–Trinajstić information content (AvgIpc) is 2.37. The van der Waals surface area contributed by atoms with Crippen LogP contribution in [0.2, 0.25) is 0 Å². The fourth-order valence-corrected chi connectivity index (χ4v) is 3.26. The van der Waals surface area contributed by atoms with Gasteiger partial charge in [0.2, 0.25) is 0 Å². The lowest BCUT2D eigenvalue weighted by Crippen LogP contribution is -2.48. The number of rotatable bonds is 6. The average molecular weight is 376 g/mol. The minimum Gasteiger partial charge on any atom is -0.465 e. The van der Waals surface area contributed by atoms with Crippen LogP contribution in [0.25, 0.3) is 0 Å². The molecule has 0 fully saturated rings. The number of ether oxygens (including phenoxy) is 1. The summed E-state index contributed by atoms with van der Waals surface area (Å²) >= 11 is 3.36. The van der Waals surface area contributed by atoms with E-state index in [1.807, 2.05) is 45.0 Å². The summed E-state index contributed by atoms with van der Waals surface area (Å²) in [5.74, 6) is -0.0200. The van der Waals surface area contributed by atoms with E-state index in [9.17, 15) is 9.00 Å². The predicted molar refractivity (Wildman–Crippen MR) is 89.0 cm³/mol. The van der Waals surface area contributed by atoms with Gasteiger partial charge in [-0.05, 0) is 30.0 Å². The number of nitrogens with one attached hydrogen (secondary N) is 1. The molecule has 0 aliphatic carbocycles. The smallest absolute Gasteiger partial charge is 0.324 e. The predicted octanol–water partition coefficient (Wildman–Crippen LogP) is 3.18. The second-order valence-electron chi connectivity index (χ2n) is 5.79. The van der Waals surface area contributed by atoms with Crippen LogP contribution in [0.15, 0.2) is 28.7 Å². The van der Waals surface area contributed by atoms with Crippen LogP contribution >= 0.6 is 15.9 Å². The largest absolute Gasteiger partial charge is 0.465 e. The molecule has 118 valence electrons. The summed E-state index contributed by atoms with van der Waals surface area (Å²) in [6.07, 6.45) is 0. The van der Waals surface area contributed by atoms with Crippen molar-refractivity contribution in [2.75, 3.05) is 6.61 Å². The molecular weight excluding hydrogens is 354 g/mol. The lowest BCUT2D eigenvalue weighted by molar-refractivity contribution is -0.147. The van der Waals surface area contributed by atoms with Crippen LogP contribution in [0.1, 0.15) is 33.3 Å². The maximum atomic E-state index is 12.2. The zero-order valence-corrected chi connectivity index (χ0v) is 15.2. The number of hydrogen-bond donors (Lipinski definition) is 1. The van der Waals surface area contributed by atoms with E-state index in [0.29, 0.717) is 12.4 Å². The van der Waals surface area contributed by atoms with Crippen LogP contribution in [0.3, 0.4) is 0 Å². The minimum atomic E-state index is -1.34. The van der Waals surface area contributed by atoms with Gasteiger partial charge in [-0.15, -0.1) is 0 Å². The van der Waals surface area contributed by atoms with E-state index in [0.717, 1.165) is 10.0 Å². The Morgan fingerprint density at radius 3 is 2.38 bits per heavy atom. The van der Waals surface area contributed by atoms with Gasteiger partial charge in [-0.25, -0.2) is 8.93 Å². The molecular formula is C15H22BrNO3S. The van der Waals surface area contributed by atoms with Crippen molar-refractivity contribution in [2.24, 2.45) is 5.41 Å². The molecule has 0 spiro atoms. The van der Waals surface area contributed by atoms with E-state index in [1.54, 1.807) is 6.92 Å². The van der Waals surface area contributed by atoms with Gasteiger partial charge >= 0.3 is 5.97 Å². The summed E-state index contributed by atoms with van der Waals surface area (Å²) in [4.78, 5) is 12.0. The van der Waals surface area contributed by atoms with Gasteiger partial charge in [0, 0.05) is 4.47 Å². The first-order valence-electron chi connectivity index (χ1n) is 6.79. The van der Waals surface area contributed by atoms with Gasteiger partial charge in [0.25, 0.3) is 0 Å². The van der Waals surface area contributed by atoms with Crippen molar-refractivity contribution in [3.8, 4) is 0 Å². The Balaban J connectivity index is 2.72. The molecule has 0 bridgehead atoms. The summed E-state index contributed by atoms with van der Waals surface area (Å²) in [5.41, 5.74) is 0.572. The van der Waals surface area contributed by atoms with Crippen LogP contribution in [-0.4, -0.2) is 22.8 Å². The van der Waals surface area contributed by atoms with Crippen molar-refractivity contribution in [2.45, 2.75) is 39.5 Å². The van der Waals surface area contributed by atoms with E-state index >= 15 is 0 Å². The maximum Gasteiger partial charge on any atom is 0.324 e. The third-order valence-electron chi connectivity index (χ3n) is 2.85. The van der Waals surface area contributed by atoms with Crippen LogP contribution in [0.5, 0.6) is 0 Å². The monoisotopic (exact) mass is 375 g/mol. The fourth-order valence-electron chi connectivity index (χ4n) is 1.71. The number of carbonyl (C=O) groups excluding carboxylic acids is 1. The Kier molecular flexibility index (Phi) is 7.03. The zero-order chi connectivity index (χ0) is 16.0. The van der Waals surface area contributed by atoms with Crippen molar-refractivity contribution in [1.82, 2.24) is 4.72 Å². The molecule has 0 amide bonds. The molecule has 2 unspecified atom stereocenters. The van der Waals surface area contributed by atoms with Crippen molar-refractivity contribution in [3.63, 3.8) is 0 Å². The van der Waals surface area contributed by atoms with E-state index in [4.69, 9.17) is 4.74 Å². The molecule has 0 radical (unpaired) electrons. The van der Waals surface area contributed by atoms with Gasteiger partial charge < -0.3 is 4.74 Å². The highest BCUT2D eigenvalue weighted by atomic mass is 79.9. The highest BCUT2D eigenvalue weighted by Gasteiger charge is 2.33. The molecule has 6 heteroatoms. The summed E-state index contributed by atoms with van der Waals surface area (Å²) < 4.78 is 21.2. The molecule has 1 N–H and O–H groups in total. The Bertz CT molecular complexity index is 497. The van der Waals surface area contributed by atoms with E-state index in [-0.39, 0.29) is 11.4 Å². The molecule has 1 rings (SSSR count). The summed E-state index contributed by atoms with van der Waals surface area (Å²) in [7, 11) is -1.34. The molecule has 1 aromatic rings. The molecule has 0 aromatic heterocycles. The number of carbonyl (C=O) groups is 1. The van der Waals surface area contributed by atoms with Crippen LogP contribution in [0.4, 0.5) is 0 Å². The minimum absolute atomic E-state index is 0.312. The van der Waals surface area contributed by atoms with Crippen molar-refractivity contribution in [3.05, 3.63) is 34.3 Å². The first-order chi connectivity index (χ1) is 9.74. The summed E-state index contributed by atoms with van der Waals surface area (Å²) in [6, 6.07) is 7.01. The molecule has 0 saturated carbocycles. The SMILES string of the molecule is CCOC(=O)C(NS(=O)Cc1ccc(Br)cc1)C(C)(C)C. The Labute approximate surface area is 137 Å². The third-order valence-corrected chi connectivity index (χ3v) is 4.47. The van der Waals surface area contributed by atoms with E-state index in [1.165, 1.54) is 0 Å². The Morgan fingerprint density at radius 1 is 1.33 bits per heavy atom. The standard InChI is InChI=1S/C15H22BrNO3S/c1-5-20-14(18)13(15(2,3)4)17-21(19)10-11-6-8-12(16)9-7-11/h6-9,13,17H,5,10H2,1-4H3.